The minimum atomic E-state index is -0.388. The Morgan fingerprint density at radius 1 is 1.48 bits per heavy atom. The van der Waals surface area contributed by atoms with E-state index in [9.17, 15) is 9.18 Å². The molecule has 3 rings (SSSR count). The van der Waals surface area contributed by atoms with E-state index >= 15 is 0 Å². The van der Waals surface area contributed by atoms with Crippen molar-refractivity contribution >= 4 is 0 Å². The molecule has 2 heterocycles. The molecule has 5 nitrogen and oxygen atoms in total. The molecule has 0 saturated heterocycles. The van der Waals surface area contributed by atoms with Crippen LogP contribution in [0.25, 0.3) is 0 Å². The van der Waals surface area contributed by atoms with E-state index in [0.717, 1.165) is 17.8 Å². The molecular formula is C15H16FN3O2. The Kier molecular flexibility index (Phi) is 3.70. The number of halogens is 1. The number of fused-ring (bicyclic) bond motifs is 1. The van der Waals surface area contributed by atoms with Gasteiger partial charge in [-0.05, 0) is 19.0 Å². The molecule has 6 heteroatoms. The predicted molar refractivity (Wildman–Crippen MR) is 76.0 cm³/mol. The number of ether oxygens (including phenoxy) is 1. The van der Waals surface area contributed by atoms with Crippen LogP contribution in [-0.4, -0.2) is 23.2 Å². The van der Waals surface area contributed by atoms with Gasteiger partial charge in [0.05, 0.1) is 25.7 Å². The molecule has 0 aliphatic carbocycles. The van der Waals surface area contributed by atoms with Crippen molar-refractivity contribution in [3.8, 4) is 5.75 Å². The number of methoxy groups -OCH3 is 1. The number of rotatable bonds is 3. The summed E-state index contributed by atoms with van der Waals surface area (Å²) >= 11 is 0. The Morgan fingerprint density at radius 3 is 3.10 bits per heavy atom. The summed E-state index contributed by atoms with van der Waals surface area (Å²) in [5, 5.41) is 3.17. The van der Waals surface area contributed by atoms with Crippen molar-refractivity contribution in [2.45, 2.75) is 19.5 Å². The average molecular weight is 289 g/mol. The number of nitrogens with one attached hydrogen (secondary N) is 1. The molecule has 110 valence electrons. The molecule has 1 N–H and O–H groups in total. The summed E-state index contributed by atoms with van der Waals surface area (Å²) in [6.45, 7) is 1.55. The summed E-state index contributed by atoms with van der Waals surface area (Å²) in [6.07, 6.45) is 2.14. The fourth-order valence-electron chi connectivity index (χ4n) is 2.47. The molecule has 2 aromatic rings. The second-order valence-electron chi connectivity index (χ2n) is 4.99. The van der Waals surface area contributed by atoms with Crippen molar-refractivity contribution in [3.05, 3.63) is 57.5 Å². The first-order chi connectivity index (χ1) is 10.2. The van der Waals surface area contributed by atoms with Crippen LogP contribution in [0.3, 0.4) is 0 Å². The van der Waals surface area contributed by atoms with Crippen molar-refractivity contribution in [1.29, 1.82) is 0 Å². The van der Waals surface area contributed by atoms with Crippen LogP contribution in [0.15, 0.2) is 29.3 Å². The largest absolute Gasteiger partial charge is 0.497 e. The lowest BCUT2D eigenvalue weighted by atomic mass is 10.1. The van der Waals surface area contributed by atoms with Crippen molar-refractivity contribution in [3.63, 3.8) is 0 Å². The van der Waals surface area contributed by atoms with Gasteiger partial charge in [0.1, 0.15) is 11.6 Å². The van der Waals surface area contributed by atoms with E-state index < -0.39 is 0 Å². The summed E-state index contributed by atoms with van der Waals surface area (Å²) in [7, 11) is 1.49. The van der Waals surface area contributed by atoms with E-state index in [0.29, 0.717) is 24.3 Å². The van der Waals surface area contributed by atoms with E-state index in [1.807, 2.05) is 0 Å². The van der Waals surface area contributed by atoms with Crippen molar-refractivity contribution in [1.82, 2.24) is 14.9 Å². The summed E-state index contributed by atoms with van der Waals surface area (Å²) in [5.41, 5.74) is 1.87. The van der Waals surface area contributed by atoms with Gasteiger partial charge in [0.15, 0.2) is 0 Å². The van der Waals surface area contributed by atoms with Crippen LogP contribution in [0.5, 0.6) is 5.75 Å². The summed E-state index contributed by atoms with van der Waals surface area (Å²) in [6, 6.07) is 4.62. The SMILES string of the molecule is COc1ccc(Cn2cnc3c(c2=O)CCNC3)c(F)c1. The lowest BCUT2D eigenvalue weighted by molar-refractivity contribution is 0.410. The molecule has 0 fully saturated rings. The standard InChI is InChI=1S/C15H16FN3O2/c1-21-11-3-2-10(13(16)6-11)8-19-9-18-14-7-17-5-4-12(14)15(19)20/h2-3,6,9,17H,4-5,7-8H2,1H3. The smallest absolute Gasteiger partial charge is 0.257 e. The monoisotopic (exact) mass is 289 g/mol. The zero-order valence-corrected chi connectivity index (χ0v) is 11.7. The van der Waals surface area contributed by atoms with Gasteiger partial charge in [-0.2, -0.15) is 0 Å². The van der Waals surface area contributed by atoms with E-state index in [2.05, 4.69) is 10.3 Å². The maximum Gasteiger partial charge on any atom is 0.257 e. The fraction of sp³-hybridized carbons (Fsp3) is 0.333. The first-order valence-electron chi connectivity index (χ1n) is 6.79. The number of aromatic nitrogens is 2. The molecule has 1 aromatic carbocycles. The van der Waals surface area contributed by atoms with Crippen LogP contribution >= 0.6 is 0 Å². The Labute approximate surface area is 121 Å². The number of nitrogens with zero attached hydrogens (tertiary/aromatic N) is 2. The van der Waals surface area contributed by atoms with Crippen LogP contribution in [0.4, 0.5) is 4.39 Å². The molecule has 0 unspecified atom stereocenters. The van der Waals surface area contributed by atoms with E-state index in [4.69, 9.17) is 4.74 Å². The van der Waals surface area contributed by atoms with Gasteiger partial charge in [-0.3, -0.25) is 9.36 Å². The highest BCUT2D eigenvalue weighted by Gasteiger charge is 2.16. The first kappa shape index (κ1) is 13.8. The highest BCUT2D eigenvalue weighted by molar-refractivity contribution is 5.29. The third-order valence-corrected chi connectivity index (χ3v) is 3.67. The molecule has 0 amide bonds. The van der Waals surface area contributed by atoms with Gasteiger partial charge in [-0.1, -0.05) is 6.07 Å². The predicted octanol–water partition coefficient (Wildman–Crippen LogP) is 1.08. The molecular weight excluding hydrogens is 273 g/mol. The number of hydrogen-bond acceptors (Lipinski definition) is 4. The fourth-order valence-corrected chi connectivity index (χ4v) is 2.47. The Bertz CT molecular complexity index is 727. The molecule has 21 heavy (non-hydrogen) atoms. The van der Waals surface area contributed by atoms with Crippen LogP contribution in [-0.2, 0) is 19.5 Å². The first-order valence-corrected chi connectivity index (χ1v) is 6.79. The summed E-state index contributed by atoms with van der Waals surface area (Å²) < 4.78 is 20.4. The third kappa shape index (κ3) is 2.67. The van der Waals surface area contributed by atoms with Crippen molar-refractivity contribution < 1.29 is 9.13 Å². The molecule has 0 bridgehead atoms. The van der Waals surface area contributed by atoms with Crippen LogP contribution in [0.1, 0.15) is 16.8 Å². The van der Waals surface area contributed by atoms with Gasteiger partial charge in [-0.15, -0.1) is 0 Å². The maximum absolute atomic E-state index is 14.0. The van der Waals surface area contributed by atoms with Gasteiger partial charge in [0.2, 0.25) is 0 Å². The number of hydrogen-bond donors (Lipinski definition) is 1. The highest BCUT2D eigenvalue weighted by atomic mass is 19.1. The molecule has 0 radical (unpaired) electrons. The molecule has 0 atom stereocenters. The normalized spacial score (nSPS) is 13.8. The second kappa shape index (κ2) is 5.65. The summed E-state index contributed by atoms with van der Waals surface area (Å²) in [4.78, 5) is 16.7. The zero-order chi connectivity index (χ0) is 14.8. The second-order valence-corrected chi connectivity index (χ2v) is 4.99. The highest BCUT2D eigenvalue weighted by Crippen LogP contribution is 2.17. The van der Waals surface area contributed by atoms with Crippen molar-refractivity contribution in [2.24, 2.45) is 0 Å². The lowest BCUT2D eigenvalue weighted by Gasteiger charge is -2.17. The Balaban J connectivity index is 1.93. The van der Waals surface area contributed by atoms with E-state index in [1.54, 1.807) is 12.1 Å². The van der Waals surface area contributed by atoms with Gasteiger partial charge in [0, 0.05) is 23.7 Å². The number of benzene rings is 1. The van der Waals surface area contributed by atoms with Crippen LogP contribution in [0.2, 0.25) is 0 Å². The Morgan fingerprint density at radius 2 is 2.33 bits per heavy atom. The quantitative estimate of drug-likeness (QED) is 0.919. The molecule has 1 aliphatic rings. The summed E-state index contributed by atoms with van der Waals surface area (Å²) in [5.74, 6) is 0.0684. The Hall–Kier alpha value is -2.21. The molecule has 1 aliphatic heterocycles. The molecule has 0 saturated carbocycles. The van der Waals surface area contributed by atoms with Crippen molar-refractivity contribution in [2.75, 3.05) is 13.7 Å². The average Bonchev–Trinajstić information content (AvgIpc) is 2.52. The minimum absolute atomic E-state index is 0.0864. The van der Waals surface area contributed by atoms with Crippen LogP contribution < -0.4 is 15.6 Å². The topological polar surface area (TPSA) is 56.2 Å². The third-order valence-electron chi connectivity index (χ3n) is 3.67. The van der Waals surface area contributed by atoms with Gasteiger partial charge < -0.3 is 10.1 Å². The lowest BCUT2D eigenvalue weighted by Crippen LogP contribution is -2.34. The van der Waals surface area contributed by atoms with E-state index in [-0.39, 0.29) is 17.9 Å². The minimum Gasteiger partial charge on any atom is -0.497 e. The van der Waals surface area contributed by atoms with Gasteiger partial charge in [0.25, 0.3) is 5.56 Å². The maximum atomic E-state index is 14.0. The van der Waals surface area contributed by atoms with Gasteiger partial charge in [-0.25, -0.2) is 9.37 Å². The van der Waals surface area contributed by atoms with E-state index in [1.165, 1.54) is 24.1 Å². The molecule has 0 spiro atoms. The van der Waals surface area contributed by atoms with Crippen LogP contribution in [0, 0.1) is 5.82 Å². The van der Waals surface area contributed by atoms with Gasteiger partial charge >= 0.3 is 0 Å². The molecule has 1 aromatic heterocycles. The zero-order valence-electron chi connectivity index (χ0n) is 11.7.